The van der Waals surface area contributed by atoms with Gasteiger partial charge in [0.05, 0.1) is 22.8 Å². The molecule has 0 saturated heterocycles. The molecule has 0 heterocycles. The van der Waals surface area contributed by atoms with E-state index in [1.165, 1.54) is 78.6 Å². The first kappa shape index (κ1) is 32.5. The summed E-state index contributed by atoms with van der Waals surface area (Å²) in [5, 5.41) is 0. The van der Waals surface area contributed by atoms with Crippen LogP contribution in [0.2, 0.25) is 0 Å². The molecule has 0 aliphatic carbocycles. The van der Waals surface area contributed by atoms with Crippen LogP contribution in [0.5, 0.6) is 0 Å². The molecule has 0 saturated carbocycles. The van der Waals surface area contributed by atoms with Crippen LogP contribution in [-0.2, 0) is 46.1 Å². The number of hydrogen-bond donors (Lipinski definition) is 0. The fraction of sp³-hybridized carbons (Fsp3) is 0.576. The van der Waals surface area contributed by atoms with Crippen molar-refractivity contribution in [2.24, 2.45) is 9.98 Å². The minimum absolute atomic E-state index is 0. The molecular weight excluding hydrogens is 531 g/mol. The first-order valence-corrected chi connectivity index (χ1v) is 14.5. The second-order valence-electron chi connectivity index (χ2n) is 9.81. The van der Waals surface area contributed by atoms with Crippen LogP contribution in [0.4, 0.5) is 11.4 Å². The first-order chi connectivity index (χ1) is 17.1. The third-order valence-electron chi connectivity index (χ3n) is 6.85. The van der Waals surface area contributed by atoms with E-state index < -0.39 is 0 Å². The molecule has 0 unspecified atom stereocenters. The smallest absolute Gasteiger partial charge is 0.0639 e. The number of benzene rings is 2. The van der Waals surface area contributed by atoms with E-state index in [4.69, 9.17) is 9.98 Å². The summed E-state index contributed by atoms with van der Waals surface area (Å²) in [6, 6.07) is 13.8. The van der Waals surface area contributed by atoms with Crippen molar-refractivity contribution in [3.8, 4) is 0 Å². The van der Waals surface area contributed by atoms with Crippen molar-refractivity contribution >= 4 is 22.8 Å². The average molecular weight is 581 g/mol. The van der Waals surface area contributed by atoms with Crippen molar-refractivity contribution < 1.29 is 20.4 Å². The summed E-state index contributed by atoms with van der Waals surface area (Å²) in [7, 11) is 0. The summed E-state index contributed by atoms with van der Waals surface area (Å²) in [4.78, 5) is 10.6. The zero-order chi connectivity index (χ0) is 25.5. The van der Waals surface area contributed by atoms with Gasteiger partial charge in [0.2, 0.25) is 0 Å². The number of aryl methyl sites for hydroxylation is 4. The first-order valence-electron chi connectivity index (χ1n) is 14.5. The molecule has 0 radical (unpaired) electrons. The number of rotatable bonds is 16. The van der Waals surface area contributed by atoms with Gasteiger partial charge in [0.15, 0.2) is 0 Å². The number of nitrogens with zero attached hydrogens (tertiary/aromatic N) is 2. The summed E-state index contributed by atoms with van der Waals surface area (Å²) < 4.78 is 0. The van der Waals surface area contributed by atoms with Gasteiger partial charge in [-0.1, -0.05) is 85.8 Å². The Kier molecular flexibility index (Phi) is 16.8. The molecule has 36 heavy (non-hydrogen) atoms. The van der Waals surface area contributed by atoms with Crippen LogP contribution in [0.15, 0.2) is 46.4 Å². The summed E-state index contributed by atoms with van der Waals surface area (Å²) in [6.07, 6.45) is 14.8. The minimum atomic E-state index is 0. The molecule has 2 nitrogen and oxygen atoms in total. The maximum Gasteiger partial charge on any atom is 0.0639 e. The van der Waals surface area contributed by atoms with E-state index in [9.17, 15) is 0 Å². The molecule has 0 amide bonds. The van der Waals surface area contributed by atoms with Gasteiger partial charge < -0.3 is 0 Å². The average Bonchev–Trinajstić information content (AvgIpc) is 2.89. The Hall–Kier alpha value is -1.56. The molecule has 0 fully saturated rings. The molecule has 202 valence electrons. The maximum absolute atomic E-state index is 5.32. The van der Waals surface area contributed by atoms with E-state index in [1.807, 2.05) is 0 Å². The zero-order valence-corrected chi connectivity index (χ0v) is 25.4. The largest absolute Gasteiger partial charge is 0.252 e. The molecule has 0 aliphatic rings. The zero-order valence-electron chi connectivity index (χ0n) is 23.9. The summed E-state index contributed by atoms with van der Waals surface area (Å²) in [5.74, 6) is 0. The van der Waals surface area contributed by atoms with E-state index in [1.54, 1.807) is 0 Å². The molecule has 0 aromatic heterocycles. The topological polar surface area (TPSA) is 24.7 Å². The molecule has 2 aromatic carbocycles. The fourth-order valence-corrected chi connectivity index (χ4v) is 4.53. The Morgan fingerprint density at radius 2 is 0.806 bits per heavy atom. The number of aliphatic imine (C=N–C) groups is 2. The molecule has 2 aromatic rings. The molecular formula is C33H50N2Pd. The predicted octanol–water partition coefficient (Wildman–Crippen LogP) is 10.3. The standard InChI is InChI=1S/C33H50N2.Pd/c1-7-13-15-17-19-33(35-31-24-28(11-5)21-29(12-6)25-31)32(18-16-14-8-2)34-30-22-26(9-3)20-27(10-4)23-30;/h20-25H,7-19H2,1-6H3;. The third kappa shape index (κ3) is 11.2. The van der Waals surface area contributed by atoms with E-state index in [0.29, 0.717) is 0 Å². The van der Waals surface area contributed by atoms with Gasteiger partial charge in [-0.05, 0) is 97.9 Å². The van der Waals surface area contributed by atoms with E-state index in [0.717, 1.165) is 49.9 Å². The molecule has 0 aliphatic heterocycles. The maximum atomic E-state index is 5.32. The van der Waals surface area contributed by atoms with Crippen molar-refractivity contribution in [2.75, 3.05) is 0 Å². The van der Waals surface area contributed by atoms with E-state index in [2.05, 4.69) is 77.9 Å². The number of unbranched alkanes of at least 4 members (excludes halogenated alkanes) is 5. The third-order valence-corrected chi connectivity index (χ3v) is 6.85. The van der Waals surface area contributed by atoms with Gasteiger partial charge in [0, 0.05) is 20.4 Å². The van der Waals surface area contributed by atoms with Crippen molar-refractivity contribution in [2.45, 2.75) is 125 Å². The number of hydrogen-bond acceptors (Lipinski definition) is 2. The monoisotopic (exact) mass is 580 g/mol. The summed E-state index contributed by atoms with van der Waals surface area (Å²) in [5.41, 5.74) is 10.1. The molecule has 0 N–H and O–H groups in total. The molecule has 0 bridgehead atoms. The Balaban J connectivity index is 0.00000648. The van der Waals surface area contributed by atoms with Crippen LogP contribution >= 0.6 is 0 Å². The van der Waals surface area contributed by atoms with Crippen LogP contribution in [0.1, 0.15) is 122 Å². The van der Waals surface area contributed by atoms with E-state index >= 15 is 0 Å². The van der Waals surface area contributed by atoms with Gasteiger partial charge in [0.25, 0.3) is 0 Å². The molecule has 0 atom stereocenters. The second kappa shape index (κ2) is 18.7. The van der Waals surface area contributed by atoms with Crippen molar-refractivity contribution in [3.05, 3.63) is 58.7 Å². The van der Waals surface area contributed by atoms with Gasteiger partial charge in [0.1, 0.15) is 0 Å². The van der Waals surface area contributed by atoms with Crippen LogP contribution < -0.4 is 0 Å². The van der Waals surface area contributed by atoms with Crippen molar-refractivity contribution in [1.29, 1.82) is 0 Å². The van der Waals surface area contributed by atoms with Gasteiger partial charge in [-0.3, -0.25) is 9.98 Å². The fourth-order valence-electron chi connectivity index (χ4n) is 4.53. The van der Waals surface area contributed by atoms with Gasteiger partial charge in [-0.15, -0.1) is 0 Å². The Bertz CT molecular complexity index is 914. The SMILES string of the molecule is CCCCCCC(=Nc1cc(CC)cc(CC)c1)C(CCCCC)=Nc1cc(CC)cc(CC)c1.[Pd]. The Morgan fingerprint density at radius 1 is 0.472 bits per heavy atom. The normalized spacial score (nSPS) is 12.1. The van der Waals surface area contributed by atoms with Crippen molar-refractivity contribution in [1.82, 2.24) is 0 Å². The van der Waals surface area contributed by atoms with Crippen LogP contribution in [0, 0.1) is 0 Å². The Morgan fingerprint density at radius 3 is 1.14 bits per heavy atom. The molecule has 0 spiro atoms. The minimum Gasteiger partial charge on any atom is -0.252 e. The quantitative estimate of drug-likeness (QED) is 0.107. The Labute approximate surface area is 236 Å². The van der Waals surface area contributed by atoms with E-state index in [-0.39, 0.29) is 20.4 Å². The molecule has 3 heteroatoms. The predicted molar refractivity (Wildman–Crippen MR) is 157 cm³/mol. The summed E-state index contributed by atoms with van der Waals surface area (Å²) in [6.45, 7) is 13.5. The van der Waals surface area contributed by atoms with Gasteiger partial charge in [-0.25, -0.2) is 0 Å². The van der Waals surface area contributed by atoms with Gasteiger partial charge >= 0.3 is 0 Å². The second-order valence-corrected chi connectivity index (χ2v) is 9.81. The van der Waals surface area contributed by atoms with Crippen LogP contribution in [0.25, 0.3) is 0 Å². The van der Waals surface area contributed by atoms with Gasteiger partial charge in [-0.2, -0.15) is 0 Å². The summed E-state index contributed by atoms with van der Waals surface area (Å²) >= 11 is 0. The van der Waals surface area contributed by atoms with Crippen LogP contribution in [0.3, 0.4) is 0 Å². The van der Waals surface area contributed by atoms with Crippen LogP contribution in [-0.4, -0.2) is 11.4 Å². The van der Waals surface area contributed by atoms with Crippen molar-refractivity contribution in [3.63, 3.8) is 0 Å². The molecule has 2 rings (SSSR count).